The molecule has 42 heavy (non-hydrogen) atoms. The Bertz CT molecular complexity index is 1550. The number of hydrogen-bond acceptors (Lipinski definition) is 4. The van der Waals surface area contributed by atoms with E-state index >= 15 is 0 Å². The second kappa shape index (κ2) is 14.6. The number of benzene rings is 3. The number of rotatable bonds is 12. The lowest BCUT2D eigenvalue weighted by Crippen LogP contribution is -2.18. The van der Waals surface area contributed by atoms with Gasteiger partial charge in [0.25, 0.3) is 0 Å². The van der Waals surface area contributed by atoms with Crippen molar-refractivity contribution in [1.29, 1.82) is 0 Å². The minimum Gasteiger partial charge on any atom is -0.493 e. The summed E-state index contributed by atoms with van der Waals surface area (Å²) in [4.78, 5) is 13.4. The van der Waals surface area contributed by atoms with Gasteiger partial charge in [-0.2, -0.15) is 0 Å². The van der Waals surface area contributed by atoms with Crippen molar-refractivity contribution in [2.45, 2.75) is 66.7 Å². The summed E-state index contributed by atoms with van der Waals surface area (Å²) in [7, 11) is 0. The standard InChI is InChI=1S/C36H41ClFNO3/c1-6-8-20-42-36(40)28(7-2)31(12-10-21-41-33-13-9-11-26-22-27(38)14-15-30(26)33)29-16-17-32(37)35(24(29)4)34-23(3)18-19-39-25(34)5/h9,11,13-18,22,39H,6-8,10,12,19-21H2,1-5H3/b31-28+. The van der Waals surface area contributed by atoms with Gasteiger partial charge in [0.05, 0.1) is 13.2 Å². The van der Waals surface area contributed by atoms with Crippen molar-refractivity contribution in [3.05, 3.63) is 99.0 Å². The van der Waals surface area contributed by atoms with E-state index in [1.807, 2.05) is 37.3 Å². The molecule has 0 aromatic heterocycles. The number of carbonyl (C=O) groups is 1. The number of hydrogen-bond donors (Lipinski definition) is 1. The summed E-state index contributed by atoms with van der Waals surface area (Å²) < 4.78 is 25.6. The first-order valence-electron chi connectivity index (χ1n) is 14.9. The third kappa shape index (κ3) is 7.07. The number of unbranched alkanes of at least 4 members (excludes halogenated alkanes) is 1. The van der Waals surface area contributed by atoms with Crippen molar-refractivity contribution in [3.63, 3.8) is 0 Å². The molecule has 1 aliphatic heterocycles. The molecule has 4 rings (SSSR count). The van der Waals surface area contributed by atoms with E-state index in [0.717, 1.165) is 63.7 Å². The number of fused-ring (bicyclic) bond motifs is 1. The molecule has 0 saturated heterocycles. The molecule has 0 saturated carbocycles. The number of carbonyl (C=O) groups excluding carboxylic acids is 1. The minimum absolute atomic E-state index is 0.264. The summed E-state index contributed by atoms with van der Waals surface area (Å²) in [5.74, 6) is 0.178. The van der Waals surface area contributed by atoms with Crippen LogP contribution in [0, 0.1) is 12.7 Å². The van der Waals surface area contributed by atoms with Crippen LogP contribution >= 0.6 is 11.6 Å². The zero-order chi connectivity index (χ0) is 30.2. The minimum atomic E-state index is -0.273. The van der Waals surface area contributed by atoms with Crippen LogP contribution in [0.4, 0.5) is 4.39 Å². The predicted molar refractivity (Wildman–Crippen MR) is 172 cm³/mol. The number of ether oxygens (including phenoxy) is 2. The maximum absolute atomic E-state index is 13.7. The molecule has 0 amide bonds. The van der Waals surface area contributed by atoms with Gasteiger partial charge in [0.15, 0.2) is 0 Å². The van der Waals surface area contributed by atoms with E-state index in [1.165, 1.54) is 17.7 Å². The van der Waals surface area contributed by atoms with E-state index in [-0.39, 0.29) is 11.8 Å². The topological polar surface area (TPSA) is 47.6 Å². The van der Waals surface area contributed by atoms with E-state index < -0.39 is 0 Å². The lowest BCUT2D eigenvalue weighted by atomic mass is 9.85. The van der Waals surface area contributed by atoms with Gasteiger partial charge in [-0.05, 0) is 104 Å². The Balaban J connectivity index is 1.68. The molecular weight excluding hydrogens is 549 g/mol. The summed E-state index contributed by atoms with van der Waals surface area (Å²) in [6.45, 7) is 12.0. The van der Waals surface area contributed by atoms with E-state index in [4.69, 9.17) is 21.1 Å². The molecule has 0 spiro atoms. The summed E-state index contributed by atoms with van der Waals surface area (Å²) in [5, 5.41) is 5.79. The van der Waals surface area contributed by atoms with Gasteiger partial charge in [-0.25, -0.2) is 9.18 Å². The van der Waals surface area contributed by atoms with Gasteiger partial charge in [0.2, 0.25) is 0 Å². The van der Waals surface area contributed by atoms with Crippen LogP contribution in [0.15, 0.2) is 71.5 Å². The number of halogens is 2. The maximum atomic E-state index is 13.7. The Morgan fingerprint density at radius 3 is 2.57 bits per heavy atom. The van der Waals surface area contributed by atoms with Gasteiger partial charge in [-0.3, -0.25) is 0 Å². The van der Waals surface area contributed by atoms with Gasteiger partial charge in [0, 0.05) is 39.4 Å². The van der Waals surface area contributed by atoms with Crippen molar-refractivity contribution < 1.29 is 18.7 Å². The van der Waals surface area contributed by atoms with Crippen LogP contribution in [0.1, 0.15) is 76.5 Å². The van der Waals surface area contributed by atoms with Crippen LogP contribution in [0.3, 0.4) is 0 Å². The van der Waals surface area contributed by atoms with E-state index in [9.17, 15) is 9.18 Å². The summed E-state index contributed by atoms with van der Waals surface area (Å²) >= 11 is 6.84. The highest BCUT2D eigenvalue weighted by Gasteiger charge is 2.23. The molecule has 0 radical (unpaired) electrons. The van der Waals surface area contributed by atoms with Crippen molar-refractivity contribution >= 4 is 39.5 Å². The molecule has 0 fully saturated rings. The average Bonchev–Trinajstić information content (AvgIpc) is 2.96. The molecule has 0 bridgehead atoms. The molecule has 0 unspecified atom stereocenters. The van der Waals surface area contributed by atoms with Crippen molar-refractivity contribution in [2.75, 3.05) is 19.8 Å². The second-order valence-electron chi connectivity index (χ2n) is 10.7. The highest BCUT2D eigenvalue weighted by atomic mass is 35.5. The molecule has 3 aromatic carbocycles. The second-order valence-corrected chi connectivity index (χ2v) is 11.1. The number of dihydropyridines is 1. The molecule has 4 nitrogen and oxygen atoms in total. The predicted octanol–water partition coefficient (Wildman–Crippen LogP) is 9.59. The first-order valence-corrected chi connectivity index (χ1v) is 15.3. The molecule has 1 N–H and O–H groups in total. The maximum Gasteiger partial charge on any atom is 0.334 e. The third-order valence-electron chi connectivity index (χ3n) is 7.86. The molecule has 222 valence electrons. The lowest BCUT2D eigenvalue weighted by Gasteiger charge is -2.24. The van der Waals surface area contributed by atoms with Gasteiger partial charge in [-0.1, -0.05) is 56.1 Å². The number of allylic oxidation sites excluding steroid dienone is 4. The fourth-order valence-corrected chi connectivity index (χ4v) is 5.95. The zero-order valence-corrected chi connectivity index (χ0v) is 26.1. The molecular formula is C36H41ClFNO3. The molecule has 3 aromatic rings. The van der Waals surface area contributed by atoms with Crippen molar-refractivity contribution in [1.82, 2.24) is 5.32 Å². The summed E-state index contributed by atoms with van der Waals surface area (Å²) in [6.07, 6.45) is 5.81. The largest absolute Gasteiger partial charge is 0.493 e. The fraction of sp³-hybridized carbons (Fsp3) is 0.361. The normalized spacial score (nSPS) is 13.9. The quantitative estimate of drug-likeness (QED) is 0.130. The summed E-state index contributed by atoms with van der Waals surface area (Å²) in [6, 6.07) is 14.3. The first kappa shape index (κ1) is 31.4. The SMILES string of the molecule is CCCCOC(=O)/C(CC)=C(\CCCOc1cccc2cc(F)ccc12)c1ccc(Cl)c(C2=C(C)NCC=C2C)c1C. The number of esters is 1. The Labute approximate surface area is 254 Å². The smallest absolute Gasteiger partial charge is 0.334 e. The average molecular weight is 590 g/mol. The van der Waals surface area contributed by atoms with Gasteiger partial charge < -0.3 is 14.8 Å². The van der Waals surface area contributed by atoms with Crippen LogP contribution in [0.2, 0.25) is 5.02 Å². The highest BCUT2D eigenvalue weighted by Crippen LogP contribution is 2.40. The summed E-state index contributed by atoms with van der Waals surface area (Å²) in [5.41, 5.74) is 8.02. The Morgan fingerprint density at radius 2 is 1.83 bits per heavy atom. The Kier molecular flexibility index (Phi) is 10.9. The van der Waals surface area contributed by atoms with E-state index in [1.54, 1.807) is 6.07 Å². The Morgan fingerprint density at radius 1 is 1.02 bits per heavy atom. The molecule has 1 aliphatic rings. The van der Waals surface area contributed by atoms with Gasteiger partial charge in [0.1, 0.15) is 11.6 Å². The van der Waals surface area contributed by atoms with Crippen LogP contribution in [0.25, 0.3) is 21.9 Å². The monoisotopic (exact) mass is 589 g/mol. The first-order chi connectivity index (χ1) is 20.3. The number of nitrogens with one attached hydrogen (secondary N) is 1. The van der Waals surface area contributed by atoms with Gasteiger partial charge >= 0.3 is 5.97 Å². The van der Waals surface area contributed by atoms with Crippen LogP contribution in [-0.4, -0.2) is 25.7 Å². The van der Waals surface area contributed by atoms with Crippen LogP contribution < -0.4 is 10.1 Å². The van der Waals surface area contributed by atoms with Gasteiger partial charge in [-0.15, -0.1) is 0 Å². The van der Waals surface area contributed by atoms with E-state index in [0.29, 0.717) is 48.8 Å². The van der Waals surface area contributed by atoms with Crippen molar-refractivity contribution in [3.8, 4) is 5.75 Å². The molecule has 6 heteroatoms. The molecule has 0 aliphatic carbocycles. The molecule has 0 atom stereocenters. The fourth-order valence-electron chi connectivity index (χ4n) is 5.65. The van der Waals surface area contributed by atoms with Crippen molar-refractivity contribution in [2.24, 2.45) is 0 Å². The Hall–Kier alpha value is -3.57. The highest BCUT2D eigenvalue weighted by molar-refractivity contribution is 6.33. The third-order valence-corrected chi connectivity index (χ3v) is 8.18. The van der Waals surface area contributed by atoms with Crippen LogP contribution in [-0.2, 0) is 9.53 Å². The van der Waals surface area contributed by atoms with Crippen LogP contribution in [0.5, 0.6) is 5.75 Å². The molecule has 1 heterocycles. The lowest BCUT2D eigenvalue weighted by molar-refractivity contribution is -0.139. The zero-order valence-electron chi connectivity index (χ0n) is 25.3. The van der Waals surface area contributed by atoms with E-state index in [2.05, 4.69) is 39.1 Å².